The molecule has 1 aliphatic carbocycles. The van der Waals surface area contributed by atoms with Crippen LogP contribution < -0.4 is 5.32 Å². The molecule has 0 fully saturated rings. The zero-order valence-electron chi connectivity index (χ0n) is 9.07. The molecular weight excluding hydrogens is 216 g/mol. The molecule has 2 aromatic rings. The van der Waals surface area contributed by atoms with Crippen LogP contribution >= 0.6 is 11.3 Å². The third-order valence-corrected chi connectivity index (χ3v) is 4.14. The molecule has 1 aliphatic rings. The van der Waals surface area contributed by atoms with E-state index < -0.39 is 0 Å². The largest absolute Gasteiger partial charge is 0.365 e. The molecule has 1 N–H and O–H groups in total. The third kappa shape index (κ3) is 1.95. The molecule has 3 heteroatoms. The summed E-state index contributed by atoms with van der Waals surface area (Å²) < 4.78 is 0. The van der Waals surface area contributed by atoms with Crippen molar-refractivity contribution in [2.75, 3.05) is 5.32 Å². The van der Waals surface area contributed by atoms with Crippen LogP contribution in [-0.4, -0.2) is 4.98 Å². The number of nitrogens with zero attached hydrogens (tertiary/aromatic N) is 1. The lowest BCUT2D eigenvalue weighted by atomic mass is 10.2. The van der Waals surface area contributed by atoms with Gasteiger partial charge in [0.2, 0.25) is 0 Å². The van der Waals surface area contributed by atoms with Crippen LogP contribution in [0, 0.1) is 0 Å². The van der Waals surface area contributed by atoms with Crippen molar-refractivity contribution in [3.8, 4) is 0 Å². The maximum absolute atomic E-state index is 4.25. The van der Waals surface area contributed by atoms with Gasteiger partial charge in [-0.2, -0.15) is 0 Å². The normalized spacial score (nSPS) is 13.8. The molecule has 82 valence electrons. The summed E-state index contributed by atoms with van der Waals surface area (Å²) in [5.41, 5.74) is 1.57. The summed E-state index contributed by atoms with van der Waals surface area (Å²) in [7, 11) is 0. The Hall–Kier alpha value is -1.35. The molecule has 16 heavy (non-hydrogen) atoms. The Kier molecular flexibility index (Phi) is 2.62. The van der Waals surface area contributed by atoms with E-state index in [1.165, 1.54) is 24.1 Å². The molecule has 0 saturated carbocycles. The topological polar surface area (TPSA) is 24.9 Å². The van der Waals surface area contributed by atoms with E-state index in [2.05, 4.69) is 16.4 Å². The third-order valence-electron chi connectivity index (χ3n) is 2.91. The van der Waals surface area contributed by atoms with Crippen LogP contribution in [0.4, 0.5) is 5.82 Å². The maximum atomic E-state index is 4.25. The van der Waals surface area contributed by atoms with E-state index in [-0.39, 0.29) is 0 Å². The highest BCUT2D eigenvalue weighted by Crippen LogP contribution is 2.30. The molecule has 0 atom stereocenters. The van der Waals surface area contributed by atoms with E-state index in [4.69, 9.17) is 0 Å². The van der Waals surface area contributed by atoms with Crippen molar-refractivity contribution < 1.29 is 0 Å². The van der Waals surface area contributed by atoms with Gasteiger partial charge in [0.1, 0.15) is 5.82 Å². The van der Waals surface area contributed by atoms with Gasteiger partial charge in [0, 0.05) is 16.0 Å². The zero-order valence-corrected chi connectivity index (χ0v) is 9.89. The Balaban J connectivity index is 1.67. The summed E-state index contributed by atoms with van der Waals surface area (Å²) in [6, 6.07) is 8.29. The van der Waals surface area contributed by atoms with Crippen molar-refractivity contribution in [3.05, 3.63) is 45.8 Å². The number of aryl methyl sites for hydroxylation is 2. The summed E-state index contributed by atoms with van der Waals surface area (Å²) in [5, 5.41) is 3.35. The fourth-order valence-corrected chi connectivity index (χ4v) is 3.32. The molecule has 0 unspecified atom stereocenters. The summed E-state index contributed by atoms with van der Waals surface area (Å²) in [4.78, 5) is 7.27. The second-order valence-electron chi connectivity index (χ2n) is 4.08. The van der Waals surface area contributed by atoms with Gasteiger partial charge in [0.15, 0.2) is 0 Å². The lowest BCUT2D eigenvalue weighted by molar-refractivity contribution is 0.913. The van der Waals surface area contributed by atoms with E-state index in [1.807, 2.05) is 35.7 Å². The Morgan fingerprint density at radius 3 is 3.12 bits per heavy atom. The van der Waals surface area contributed by atoms with E-state index in [0.717, 1.165) is 12.4 Å². The van der Waals surface area contributed by atoms with E-state index in [0.29, 0.717) is 0 Å². The highest BCUT2D eigenvalue weighted by molar-refractivity contribution is 7.12. The first-order chi connectivity index (χ1) is 7.92. The molecule has 2 nitrogen and oxygen atoms in total. The lowest BCUT2D eigenvalue weighted by Crippen LogP contribution is -1.98. The van der Waals surface area contributed by atoms with Gasteiger partial charge >= 0.3 is 0 Å². The van der Waals surface area contributed by atoms with E-state index >= 15 is 0 Å². The summed E-state index contributed by atoms with van der Waals surface area (Å²) in [6.07, 6.45) is 5.71. The van der Waals surface area contributed by atoms with Gasteiger partial charge in [0.25, 0.3) is 0 Å². The lowest BCUT2D eigenvalue weighted by Gasteiger charge is -2.02. The van der Waals surface area contributed by atoms with Crippen LogP contribution in [0.5, 0.6) is 0 Å². The smallest absolute Gasteiger partial charge is 0.126 e. The number of aromatic nitrogens is 1. The van der Waals surface area contributed by atoms with E-state index in [1.54, 1.807) is 10.4 Å². The Bertz CT molecular complexity index is 454. The number of hydrogen-bond acceptors (Lipinski definition) is 3. The highest BCUT2D eigenvalue weighted by Gasteiger charge is 2.14. The van der Waals surface area contributed by atoms with Crippen molar-refractivity contribution in [1.82, 2.24) is 4.98 Å². The van der Waals surface area contributed by atoms with Crippen LogP contribution in [0.1, 0.15) is 21.7 Å². The van der Waals surface area contributed by atoms with Crippen LogP contribution in [0.25, 0.3) is 0 Å². The van der Waals surface area contributed by atoms with Gasteiger partial charge in [-0.25, -0.2) is 4.98 Å². The molecule has 0 amide bonds. The molecule has 0 bridgehead atoms. The van der Waals surface area contributed by atoms with Crippen molar-refractivity contribution in [1.29, 1.82) is 0 Å². The van der Waals surface area contributed by atoms with Gasteiger partial charge in [-0.05, 0) is 43.0 Å². The van der Waals surface area contributed by atoms with Crippen molar-refractivity contribution >= 4 is 17.2 Å². The Morgan fingerprint density at radius 2 is 2.31 bits per heavy atom. The predicted molar refractivity (Wildman–Crippen MR) is 67.9 cm³/mol. The monoisotopic (exact) mass is 230 g/mol. The molecule has 0 aliphatic heterocycles. The first-order valence-corrected chi connectivity index (χ1v) is 6.49. The summed E-state index contributed by atoms with van der Waals surface area (Å²) >= 11 is 1.95. The first-order valence-electron chi connectivity index (χ1n) is 5.67. The average molecular weight is 230 g/mol. The molecule has 0 saturated heterocycles. The van der Waals surface area contributed by atoms with Crippen LogP contribution in [0.15, 0.2) is 30.5 Å². The Morgan fingerprint density at radius 1 is 1.31 bits per heavy atom. The highest BCUT2D eigenvalue weighted by atomic mass is 32.1. The van der Waals surface area contributed by atoms with E-state index in [9.17, 15) is 0 Å². The van der Waals surface area contributed by atoms with Crippen molar-refractivity contribution in [3.63, 3.8) is 0 Å². The molecular formula is C13H14N2S. The molecule has 0 spiro atoms. The number of fused-ring (bicyclic) bond motifs is 1. The minimum absolute atomic E-state index is 0.898. The number of rotatable bonds is 3. The van der Waals surface area contributed by atoms with Gasteiger partial charge in [-0.3, -0.25) is 0 Å². The first kappa shape index (κ1) is 9.85. The average Bonchev–Trinajstić information content (AvgIpc) is 2.88. The predicted octanol–water partition coefficient (Wildman–Crippen LogP) is 3.24. The molecule has 0 radical (unpaired) electrons. The molecule has 0 aromatic carbocycles. The molecule has 2 aromatic heterocycles. The van der Waals surface area contributed by atoms with Crippen molar-refractivity contribution in [2.24, 2.45) is 0 Å². The van der Waals surface area contributed by atoms with Gasteiger partial charge in [-0.15, -0.1) is 11.3 Å². The van der Waals surface area contributed by atoms with Gasteiger partial charge in [-0.1, -0.05) is 6.07 Å². The fraction of sp³-hybridized carbons (Fsp3) is 0.308. The number of pyridine rings is 1. The quantitative estimate of drug-likeness (QED) is 0.875. The summed E-state index contributed by atoms with van der Waals surface area (Å²) in [5.74, 6) is 0.955. The second-order valence-corrected chi connectivity index (χ2v) is 5.30. The number of hydrogen-bond donors (Lipinski definition) is 1. The number of anilines is 1. The van der Waals surface area contributed by atoms with Crippen LogP contribution in [0.2, 0.25) is 0 Å². The maximum Gasteiger partial charge on any atom is 0.126 e. The van der Waals surface area contributed by atoms with Gasteiger partial charge < -0.3 is 5.32 Å². The molecule has 3 rings (SSSR count). The molecule has 2 heterocycles. The van der Waals surface area contributed by atoms with Crippen molar-refractivity contribution in [2.45, 2.75) is 25.8 Å². The fourth-order valence-electron chi connectivity index (χ4n) is 2.12. The van der Waals surface area contributed by atoms with Crippen LogP contribution in [0.3, 0.4) is 0 Å². The van der Waals surface area contributed by atoms with Crippen LogP contribution in [-0.2, 0) is 19.4 Å². The Labute approximate surface area is 99.4 Å². The SMILES string of the molecule is c1ccc(NCc2cc3c(s2)CCC3)nc1. The number of thiophene rings is 1. The second kappa shape index (κ2) is 4.26. The minimum Gasteiger partial charge on any atom is -0.365 e. The number of nitrogens with one attached hydrogen (secondary N) is 1. The summed E-state index contributed by atoms with van der Waals surface area (Å²) in [6.45, 7) is 0.898. The van der Waals surface area contributed by atoms with Gasteiger partial charge in [0.05, 0.1) is 6.54 Å². The minimum atomic E-state index is 0.898. The standard InChI is InChI=1S/C13H14N2S/c1-2-7-14-13(6-1)15-9-11-8-10-4-3-5-12(10)16-11/h1-2,6-8H,3-5,9H2,(H,14,15). The zero-order chi connectivity index (χ0) is 10.8.